The molecule has 0 heterocycles. The van der Waals surface area contributed by atoms with Gasteiger partial charge in [0.05, 0.1) is 12.1 Å². The molecular formula is C13H21Cl2NO. The normalized spacial score (nSPS) is 14.2. The summed E-state index contributed by atoms with van der Waals surface area (Å²) in [6.45, 7) is 4.28. The highest BCUT2D eigenvalue weighted by Crippen LogP contribution is 2.20. The van der Waals surface area contributed by atoms with Gasteiger partial charge >= 0.3 is 0 Å². The summed E-state index contributed by atoms with van der Waals surface area (Å²) in [6.07, 6.45) is 1.24. The van der Waals surface area contributed by atoms with Crippen LogP contribution in [-0.2, 0) is 0 Å². The predicted octanol–water partition coefficient (Wildman–Crippen LogP) is 3.56. The van der Waals surface area contributed by atoms with Crippen molar-refractivity contribution in [3.63, 3.8) is 0 Å². The molecule has 0 aromatic heterocycles. The maximum absolute atomic E-state index is 9.93. The Labute approximate surface area is 115 Å². The molecule has 2 atom stereocenters. The topological polar surface area (TPSA) is 46.2 Å². The van der Waals surface area contributed by atoms with Gasteiger partial charge in [0.1, 0.15) is 0 Å². The first-order chi connectivity index (χ1) is 7.50. The predicted molar refractivity (Wildman–Crippen MR) is 75.7 cm³/mol. The van der Waals surface area contributed by atoms with Gasteiger partial charge in [-0.1, -0.05) is 37.6 Å². The number of benzene rings is 1. The summed E-state index contributed by atoms with van der Waals surface area (Å²) in [4.78, 5) is 0. The molecule has 0 aliphatic rings. The minimum absolute atomic E-state index is 0. The van der Waals surface area contributed by atoms with Crippen molar-refractivity contribution in [2.45, 2.75) is 38.8 Å². The van der Waals surface area contributed by atoms with Crippen molar-refractivity contribution < 1.29 is 5.11 Å². The highest BCUT2D eigenvalue weighted by atomic mass is 35.5. The van der Waals surface area contributed by atoms with Gasteiger partial charge < -0.3 is 10.8 Å². The molecule has 0 aliphatic carbocycles. The zero-order chi connectivity index (χ0) is 12.1. The fraction of sp³-hybridized carbons (Fsp3) is 0.538. The van der Waals surface area contributed by atoms with Crippen LogP contribution >= 0.6 is 24.0 Å². The Bertz CT molecular complexity index is 314. The zero-order valence-electron chi connectivity index (χ0n) is 10.3. The van der Waals surface area contributed by atoms with Crippen molar-refractivity contribution in [2.24, 2.45) is 11.7 Å². The summed E-state index contributed by atoms with van der Waals surface area (Å²) >= 11 is 5.80. The van der Waals surface area contributed by atoms with Gasteiger partial charge in [-0.15, -0.1) is 12.4 Å². The van der Waals surface area contributed by atoms with Crippen LogP contribution in [0.1, 0.15) is 38.3 Å². The molecule has 3 N–H and O–H groups in total. The van der Waals surface area contributed by atoms with Gasteiger partial charge in [-0.3, -0.25) is 0 Å². The third kappa shape index (κ3) is 5.73. The van der Waals surface area contributed by atoms with Gasteiger partial charge in [0.2, 0.25) is 0 Å². The molecule has 1 aromatic rings. The second-order valence-corrected chi connectivity index (χ2v) is 5.05. The minimum atomic E-state index is -0.483. The molecule has 4 heteroatoms. The van der Waals surface area contributed by atoms with E-state index in [2.05, 4.69) is 13.8 Å². The summed E-state index contributed by atoms with van der Waals surface area (Å²) in [7, 11) is 0. The van der Waals surface area contributed by atoms with Crippen LogP contribution in [0.5, 0.6) is 0 Å². The molecule has 0 fully saturated rings. The third-order valence-corrected chi connectivity index (χ3v) is 2.96. The maximum atomic E-state index is 9.93. The SMILES string of the molecule is CC(C)CC[C@@H](O)[C@@H](N)c1ccc(Cl)cc1.Cl. The van der Waals surface area contributed by atoms with E-state index >= 15 is 0 Å². The van der Waals surface area contributed by atoms with E-state index < -0.39 is 6.10 Å². The van der Waals surface area contributed by atoms with E-state index in [1.54, 1.807) is 12.1 Å². The quantitative estimate of drug-likeness (QED) is 0.865. The Hall–Kier alpha value is -0.280. The van der Waals surface area contributed by atoms with Crippen molar-refractivity contribution in [1.29, 1.82) is 0 Å². The second kappa shape index (κ2) is 7.93. The lowest BCUT2D eigenvalue weighted by molar-refractivity contribution is 0.128. The number of hydrogen-bond acceptors (Lipinski definition) is 2. The average molecular weight is 278 g/mol. The van der Waals surface area contributed by atoms with E-state index in [4.69, 9.17) is 17.3 Å². The maximum Gasteiger partial charge on any atom is 0.0732 e. The van der Waals surface area contributed by atoms with Crippen LogP contribution in [0, 0.1) is 5.92 Å². The van der Waals surface area contributed by atoms with Gasteiger partial charge in [0, 0.05) is 5.02 Å². The molecular weight excluding hydrogens is 257 g/mol. The van der Waals surface area contributed by atoms with E-state index in [0.717, 1.165) is 18.4 Å². The van der Waals surface area contributed by atoms with E-state index in [0.29, 0.717) is 10.9 Å². The lowest BCUT2D eigenvalue weighted by Crippen LogP contribution is -2.26. The number of rotatable bonds is 5. The van der Waals surface area contributed by atoms with Gasteiger partial charge in [-0.2, -0.15) is 0 Å². The first-order valence-electron chi connectivity index (χ1n) is 5.70. The monoisotopic (exact) mass is 277 g/mol. The molecule has 1 rings (SSSR count). The fourth-order valence-electron chi connectivity index (χ4n) is 1.59. The largest absolute Gasteiger partial charge is 0.391 e. The highest BCUT2D eigenvalue weighted by Gasteiger charge is 2.16. The number of aliphatic hydroxyl groups excluding tert-OH is 1. The molecule has 0 spiro atoms. The highest BCUT2D eigenvalue weighted by molar-refractivity contribution is 6.30. The zero-order valence-corrected chi connectivity index (χ0v) is 11.8. The van der Waals surface area contributed by atoms with Crippen molar-refractivity contribution in [3.05, 3.63) is 34.9 Å². The van der Waals surface area contributed by atoms with Gasteiger partial charge in [0.15, 0.2) is 0 Å². The van der Waals surface area contributed by atoms with Crippen LogP contribution < -0.4 is 5.73 Å². The van der Waals surface area contributed by atoms with E-state index in [1.807, 2.05) is 12.1 Å². The Morgan fingerprint density at radius 1 is 1.18 bits per heavy atom. The van der Waals surface area contributed by atoms with Gasteiger partial charge in [0.25, 0.3) is 0 Å². The molecule has 17 heavy (non-hydrogen) atoms. The summed E-state index contributed by atoms with van der Waals surface area (Å²) in [5, 5.41) is 10.6. The second-order valence-electron chi connectivity index (χ2n) is 4.62. The standard InChI is InChI=1S/C13H20ClNO.ClH/c1-9(2)3-8-12(16)13(15)10-4-6-11(14)7-5-10;/h4-7,9,12-13,16H,3,8,15H2,1-2H3;1H/t12-,13+;/m1./s1. The number of halogens is 2. The molecule has 0 saturated heterocycles. The Morgan fingerprint density at radius 2 is 1.71 bits per heavy atom. The number of aliphatic hydroxyl groups is 1. The molecule has 0 bridgehead atoms. The van der Waals surface area contributed by atoms with Crippen LogP contribution in [0.3, 0.4) is 0 Å². The first kappa shape index (κ1) is 16.7. The van der Waals surface area contributed by atoms with Gasteiger partial charge in [-0.25, -0.2) is 0 Å². The Kier molecular flexibility index (Phi) is 7.80. The number of nitrogens with two attached hydrogens (primary N) is 1. The lowest BCUT2D eigenvalue weighted by Gasteiger charge is -2.20. The van der Waals surface area contributed by atoms with E-state index in [1.165, 1.54) is 0 Å². The smallest absolute Gasteiger partial charge is 0.0732 e. The molecule has 2 nitrogen and oxygen atoms in total. The summed E-state index contributed by atoms with van der Waals surface area (Å²) in [5.74, 6) is 0.590. The average Bonchev–Trinajstić information content (AvgIpc) is 2.26. The molecule has 1 aromatic carbocycles. The van der Waals surface area contributed by atoms with Crippen molar-refractivity contribution in [1.82, 2.24) is 0 Å². The van der Waals surface area contributed by atoms with Gasteiger partial charge in [-0.05, 0) is 36.5 Å². The molecule has 0 amide bonds. The molecule has 0 aliphatic heterocycles. The van der Waals surface area contributed by atoms with E-state index in [9.17, 15) is 5.11 Å². The molecule has 0 unspecified atom stereocenters. The minimum Gasteiger partial charge on any atom is -0.391 e. The fourth-order valence-corrected chi connectivity index (χ4v) is 1.72. The van der Waals surface area contributed by atoms with Crippen molar-refractivity contribution in [3.8, 4) is 0 Å². The molecule has 0 saturated carbocycles. The summed E-state index contributed by atoms with van der Waals surface area (Å²) < 4.78 is 0. The summed E-state index contributed by atoms with van der Waals surface area (Å²) in [5.41, 5.74) is 6.91. The molecule has 0 radical (unpaired) electrons. The third-order valence-electron chi connectivity index (χ3n) is 2.71. The Balaban J connectivity index is 0.00000256. The number of hydrogen-bond donors (Lipinski definition) is 2. The van der Waals surface area contributed by atoms with Crippen LogP contribution in [0.2, 0.25) is 5.02 Å². The Morgan fingerprint density at radius 3 is 2.18 bits per heavy atom. The van der Waals surface area contributed by atoms with Crippen molar-refractivity contribution >= 4 is 24.0 Å². The first-order valence-corrected chi connectivity index (χ1v) is 6.07. The van der Waals surface area contributed by atoms with Crippen LogP contribution in [0.25, 0.3) is 0 Å². The van der Waals surface area contributed by atoms with Crippen LogP contribution in [0.4, 0.5) is 0 Å². The molecule has 98 valence electrons. The van der Waals surface area contributed by atoms with Crippen LogP contribution in [-0.4, -0.2) is 11.2 Å². The van der Waals surface area contributed by atoms with E-state index in [-0.39, 0.29) is 18.4 Å². The summed E-state index contributed by atoms with van der Waals surface area (Å²) in [6, 6.07) is 7.01. The van der Waals surface area contributed by atoms with Crippen LogP contribution in [0.15, 0.2) is 24.3 Å². The van der Waals surface area contributed by atoms with Crippen molar-refractivity contribution in [2.75, 3.05) is 0 Å². The lowest BCUT2D eigenvalue weighted by atomic mass is 9.96.